The van der Waals surface area contributed by atoms with Gasteiger partial charge in [0, 0.05) is 18.4 Å². The van der Waals surface area contributed by atoms with Crippen LogP contribution in [0.3, 0.4) is 0 Å². The Labute approximate surface area is 155 Å². The van der Waals surface area contributed by atoms with E-state index < -0.39 is 0 Å². The van der Waals surface area contributed by atoms with Gasteiger partial charge in [0.25, 0.3) is 5.91 Å². The molecule has 2 aromatic carbocycles. The van der Waals surface area contributed by atoms with E-state index >= 15 is 0 Å². The van der Waals surface area contributed by atoms with Gasteiger partial charge in [-0.3, -0.25) is 14.7 Å². The summed E-state index contributed by atoms with van der Waals surface area (Å²) in [6, 6.07) is 11.5. The SMILES string of the molecule is COc1ccc(C(=O)N2CCN=C2SCc2cccc(F)c2)c(OC)c1. The fourth-order valence-corrected chi connectivity index (χ4v) is 3.62. The van der Waals surface area contributed by atoms with Crippen LogP contribution in [0.15, 0.2) is 47.5 Å². The second-order valence-corrected chi connectivity index (χ2v) is 6.55. The molecule has 0 aliphatic carbocycles. The molecule has 0 aromatic heterocycles. The van der Waals surface area contributed by atoms with Crippen molar-refractivity contribution in [2.75, 3.05) is 27.3 Å². The molecular formula is C19H19FN2O3S. The van der Waals surface area contributed by atoms with E-state index in [2.05, 4.69) is 4.99 Å². The summed E-state index contributed by atoms with van der Waals surface area (Å²) in [5, 5.41) is 0.636. The van der Waals surface area contributed by atoms with Crippen molar-refractivity contribution in [1.82, 2.24) is 4.90 Å². The van der Waals surface area contributed by atoms with Gasteiger partial charge < -0.3 is 9.47 Å². The predicted molar refractivity (Wildman–Crippen MR) is 101 cm³/mol. The lowest BCUT2D eigenvalue weighted by Gasteiger charge is -2.19. The van der Waals surface area contributed by atoms with Gasteiger partial charge in [-0.25, -0.2) is 4.39 Å². The highest BCUT2D eigenvalue weighted by Gasteiger charge is 2.27. The van der Waals surface area contributed by atoms with Gasteiger partial charge in [-0.1, -0.05) is 23.9 Å². The normalized spacial score (nSPS) is 13.5. The minimum absolute atomic E-state index is 0.174. The van der Waals surface area contributed by atoms with Gasteiger partial charge in [-0.2, -0.15) is 0 Å². The predicted octanol–water partition coefficient (Wildman–Crippen LogP) is 3.59. The van der Waals surface area contributed by atoms with E-state index in [1.165, 1.54) is 31.0 Å². The smallest absolute Gasteiger partial charge is 0.263 e. The van der Waals surface area contributed by atoms with E-state index in [4.69, 9.17) is 9.47 Å². The molecule has 26 heavy (non-hydrogen) atoms. The topological polar surface area (TPSA) is 51.1 Å². The lowest BCUT2D eigenvalue weighted by molar-refractivity contribution is 0.0857. The minimum atomic E-state index is -0.271. The Balaban J connectivity index is 1.74. The quantitative estimate of drug-likeness (QED) is 0.803. The van der Waals surface area contributed by atoms with Crippen LogP contribution in [0.2, 0.25) is 0 Å². The molecule has 3 rings (SSSR count). The summed E-state index contributed by atoms with van der Waals surface area (Å²) < 4.78 is 23.8. The van der Waals surface area contributed by atoms with E-state index in [0.29, 0.717) is 41.1 Å². The van der Waals surface area contributed by atoms with Crippen LogP contribution in [0, 0.1) is 5.82 Å². The Bertz CT molecular complexity index is 841. The van der Waals surface area contributed by atoms with Gasteiger partial charge in [0.15, 0.2) is 5.17 Å². The first-order valence-electron chi connectivity index (χ1n) is 8.08. The zero-order valence-corrected chi connectivity index (χ0v) is 15.4. The molecule has 1 heterocycles. The number of rotatable bonds is 5. The summed E-state index contributed by atoms with van der Waals surface area (Å²) in [5.74, 6) is 1.17. The number of amidine groups is 1. The number of ether oxygens (including phenoxy) is 2. The number of thioether (sulfide) groups is 1. The van der Waals surface area contributed by atoms with E-state index in [9.17, 15) is 9.18 Å². The lowest BCUT2D eigenvalue weighted by Crippen LogP contribution is -2.33. The zero-order chi connectivity index (χ0) is 18.5. The van der Waals surface area contributed by atoms with E-state index in [0.717, 1.165) is 5.56 Å². The number of carbonyl (C=O) groups excluding carboxylic acids is 1. The third-order valence-electron chi connectivity index (χ3n) is 3.94. The number of hydrogen-bond donors (Lipinski definition) is 0. The largest absolute Gasteiger partial charge is 0.497 e. The third-order valence-corrected chi connectivity index (χ3v) is 5.03. The van der Waals surface area contributed by atoms with Crippen LogP contribution >= 0.6 is 11.8 Å². The molecule has 0 saturated carbocycles. The maximum absolute atomic E-state index is 13.3. The van der Waals surface area contributed by atoms with E-state index in [1.54, 1.807) is 36.3 Å². The van der Waals surface area contributed by atoms with Crippen molar-refractivity contribution in [1.29, 1.82) is 0 Å². The zero-order valence-electron chi connectivity index (χ0n) is 14.6. The van der Waals surface area contributed by atoms with Crippen molar-refractivity contribution in [2.24, 2.45) is 4.99 Å². The van der Waals surface area contributed by atoms with E-state index in [-0.39, 0.29) is 11.7 Å². The van der Waals surface area contributed by atoms with Crippen LogP contribution in [-0.4, -0.2) is 43.3 Å². The van der Waals surface area contributed by atoms with Crippen LogP contribution in [0.5, 0.6) is 11.5 Å². The fraction of sp³-hybridized carbons (Fsp3) is 0.263. The van der Waals surface area contributed by atoms with Crippen LogP contribution in [0.4, 0.5) is 4.39 Å². The summed E-state index contributed by atoms with van der Waals surface area (Å²) in [5.41, 5.74) is 1.30. The molecule has 1 aliphatic rings. The first-order chi connectivity index (χ1) is 12.6. The second-order valence-electron chi connectivity index (χ2n) is 5.61. The average Bonchev–Trinajstić information content (AvgIpc) is 3.14. The first-order valence-corrected chi connectivity index (χ1v) is 9.06. The molecule has 0 unspecified atom stereocenters. The molecule has 0 spiro atoms. The van der Waals surface area contributed by atoms with Crippen molar-refractivity contribution < 1.29 is 18.7 Å². The summed E-state index contributed by atoms with van der Waals surface area (Å²) in [6.45, 7) is 1.06. The van der Waals surface area contributed by atoms with Gasteiger partial charge in [0.1, 0.15) is 17.3 Å². The van der Waals surface area contributed by atoms with E-state index in [1.807, 2.05) is 6.07 Å². The standard InChI is InChI=1S/C19H19FN2O3S/c1-24-15-6-7-16(17(11-15)25-2)18(23)22-9-8-21-19(22)26-12-13-4-3-5-14(20)10-13/h3-7,10-11H,8-9,12H2,1-2H3. The summed E-state index contributed by atoms with van der Waals surface area (Å²) in [4.78, 5) is 19.0. The third kappa shape index (κ3) is 3.99. The van der Waals surface area contributed by atoms with Gasteiger partial charge in [0.2, 0.25) is 0 Å². The second kappa shape index (κ2) is 8.23. The number of benzene rings is 2. The molecule has 2 aromatic rings. The highest BCUT2D eigenvalue weighted by Crippen LogP contribution is 2.28. The molecule has 0 fully saturated rings. The number of nitrogens with zero attached hydrogens (tertiary/aromatic N) is 2. The fourth-order valence-electron chi connectivity index (χ4n) is 2.63. The van der Waals surface area contributed by atoms with Crippen molar-refractivity contribution in [3.63, 3.8) is 0 Å². The van der Waals surface area contributed by atoms with Gasteiger partial charge in [-0.15, -0.1) is 0 Å². The molecule has 5 nitrogen and oxygen atoms in total. The Morgan fingerprint density at radius 1 is 1.23 bits per heavy atom. The Kier molecular flexibility index (Phi) is 5.78. The summed E-state index contributed by atoms with van der Waals surface area (Å²) in [6.07, 6.45) is 0. The number of amides is 1. The number of hydrogen-bond acceptors (Lipinski definition) is 5. The molecule has 136 valence electrons. The van der Waals surface area contributed by atoms with Crippen LogP contribution in [0.1, 0.15) is 15.9 Å². The molecule has 7 heteroatoms. The Morgan fingerprint density at radius 3 is 2.81 bits per heavy atom. The monoisotopic (exact) mass is 374 g/mol. The van der Waals surface area contributed by atoms with Crippen LogP contribution in [0.25, 0.3) is 0 Å². The Hall–Kier alpha value is -2.54. The number of methoxy groups -OCH3 is 2. The van der Waals surface area contributed by atoms with Crippen molar-refractivity contribution >= 4 is 22.8 Å². The first kappa shape index (κ1) is 18.3. The van der Waals surface area contributed by atoms with Gasteiger partial charge >= 0.3 is 0 Å². The Morgan fingerprint density at radius 2 is 2.08 bits per heavy atom. The van der Waals surface area contributed by atoms with Crippen molar-refractivity contribution in [2.45, 2.75) is 5.75 Å². The molecule has 0 radical (unpaired) electrons. The van der Waals surface area contributed by atoms with Crippen molar-refractivity contribution in [3.05, 3.63) is 59.4 Å². The molecule has 0 atom stereocenters. The van der Waals surface area contributed by atoms with Gasteiger partial charge in [-0.05, 0) is 29.8 Å². The molecular weight excluding hydrogens is 355 g/mol. The number of halogens is 1. The number of aliphatic imine (C=N–C) groups is 1. The maximum atomic E-state index is 13.3. The number of carbonyl (C=O) groups is 1. The average molecular weight is 374 g/mol. The highest BCUT2D eigenvalue weighted by atomic mass is 32.2. The summed E-state index contributed by atoms with van der Waals surface area (Å²) in [7, 11) is 3.08. The summed E-state index contributed by atoms with van der Waals surface area (Å²) >= 11 is 1.42. The lowest BCUT2D eigenvalue weighted by atomic mass is 10.1. The molecule has 0 N–H and O–H groups in total. The molecule has 1 amide bonds. The maximum Gasteiger partial charge on any atom is 0.263 e. The molecule has 1 aliphatic heterocycles. The van der Waals surface area contributed by atoms with Crippen molar-refractivity contribution in [3.8, 4) is 11.5 Å². The van der Waals surface area contributed by atoms with Crippen LogP contribution in [-0.2, 0) is 5.75 Å². The highest BCUT2D eigenvalue weighted by molar-refractivity contribution is 8.13. The van der Waals surface area contributed by atoms with Gasteiger partial charge in [0.05, 0.1) is 26.3 Å². The van der Waals surface area contributed by atoms with Crippen LogP contribution < -0.4 is 9.47 Å². The molecule has 0 saturated heterocycles. The minimum Gasteiger partial charge on any atom is -0.497 e. The molecule has 0 bridgehead atoms.